The summed E-state index contributed by atoms with van der Waals surface area (Å²) in [4.78, 5) is 21.9. The maximum atomic E-state index is 14.4. The minimum Gasteiger partial charge on any atom is -0.458 e. The van der Waals surface area contributed by atoms with E-state index in [1.165, 1.54) is 48.5 Å². The average Bonchev–Trinajstić information content (AvgIpc) is 2.73. The first-order valence-electron chi connectivity index (χ1n) is 8.31. The fraction of sp³-hybridized carbons (Fsp3) is 0.143. The monoisotopic (exact) mass is 404 g/mol. The summed E-state index contributed by atoms with van der Waals surface area (Å²) < 4.78 is 48.1. The van der Waals surface area contributed by atoms with Gasteiger partial charge in [0.1, 0.15) is 18.1 Å². The lowest BCUT2D eigenvalue weighted by atomic mass is 10.1. The number of halogens is 2. The Bertz CT molecular complexity index is 860. The average molecular weight is 404 g/mol. The molecule has 0 saturated carbocycles. The van der Waals surface area contributed by atoms with Crippen LogP contribution in [0.4, 0.5) is 8.78 Å². The van der Waals surface area contributed by atoms with Gasteiger partial charge < -0.3 is 18.9 Å². The predicted molar refractivity (Wildman–Crippen MR) is 99.2 cm³/mol. The van der Waals surface area contributed by atoms with E-state index in [0.29, 0.717) is 11.3 Å². The topological polar surface area (TPSA) is 71.1 Å². The second-order valence-electron chi connectivity index (χ2n) is 5.53. The zero-order valence-corrected chi connectivity index (χ0v) is 15.3. The summed E-state index contributed by atoms with van der Waals surface area (Å²) in [5.41, 5.74) is 0.173. The third-order valence-electron chi connectivity index (χ3n) is 3.50. The Morgan fingerprint density at radius 2 is 1.41 bits per heavy atom. The number of ether oxygens (including phenoxy) is 4. The molecule has 6 nitrogen and oxygen atoms in total. The van der Waals surface area contributed by atoms with Gasteiger partial charge in [-0.05, 0) is 42.0 Å². The molecule has 0 heterocycles. The molecule has 0 N–H and O–H groups in total. The van der Waals surface area contributed by atoms with Crippen LogP contribution >= 0.6 is 0 Å². The summed E-state index contributed by atoms with van der Waals surface area (Å²) in [6.45, 7) is 6.12. The maximum absolute atomic E-state index is 14.4. The molecular weight excluding hydrogens is 386 g/mol. The van der Waals surface area contributed by atoms with Crippen molar-refractivity contribution in [1.29, 1.82) is 0 Å². The van der Waals surface area contributed by atoms with Gasteiger partial charge >= 0.3 is 18.0 Å². The Morgan fingerprint density at radius 3 is 2.00 bits per heavy atom. The minimum absolute atomic E-state index is 0.0544. The third-order valence-corrected chi connectivity index (χ3v) is 3.50. The number of carbonyl (C=O) groups is 2. The molecule has 0 bridgehead atoms. The molecule has 0 aliphatic rings. The maximum Gasteiger partial charge on any atom is 0.426 e. The smallest absolute Gasteiger partial charge is 0.426 e. The SMILES string of the molecule is C=CC(=O)OCOc1ccc(OC(F)(F)c2ccc(COC(=O)C=C)cc2)cc1. The van der Waals surface area contributed by atoms with E-state index in [0.717, 1.165) is 12.2 Å². The summed E-state index contributed by atoms with van der Waals surface area (Å²) in [5.74, 6) is -1.03. The molecule has 2 rings (SSSR count). The van der Waals surface area contributed by atoms with Crippen LogP contribution in [0.3, 0.4) is 0 Å². The second-order valence-corrected chi connectivity index (χ2v) is 5.53. The number of hydrogen-bond donors (Lipinski definition) is 0. The highest BCUT2D eigenvalue weighted by Crippen LogP contribution is 2.32. The summed E-state index contributed by atoms with van der Waals surface area (Å²) in [6.07, 6.45) is -1.58. The van der Waals surface area contributed by atoms with Crippen molar-refractivity contribution >= 4 is 11.9 Å². The van der Waals surface area contributed by atoms with E-state index in [2.05, 4.69) is 17.9 Å². The van der Waals surface area contributed by atoms with Gasteiger partial charge in [-0.15, -0.1) is 0 Å². The lowest BCUT2D eigenvalue weighted by Crippen LogP contribution is -2.21. The van der Waals surface area contributed by atoms with Gasteiger partial charge in [-0.2, -0.15) is 8.78 Å². The van der Waals surface area contributed by atoms with Crippen molar-refractivity contribution in [2.75, 3.05) is 6.79 Å². The number of alkyl halides is 2. The van der Waals surface area contributed by atoms with E-state index in [-0.39, 0.29) is 24.7 Å². The van der Waals surface area contributed by atoms with Gasteiger partial charge in [0.25, 0.3) is 0 Å². The fourth-order valence-corrected chi connectivity index (χ4v) is 2.03. The molecule has 0 aliphatic carbocycles. The molecule has 0 fully saturated rings. The Balaban J connectivity index is 1.94. The van der Waals surface area contributed by atoms with E-state index in [4.69, 9.17) is 14.2 Å². The molecule has 2 aromatic carbocycles. The zero-order chi connectivity index (χ0) is 21.3. The van der Waals surface area contributed by atoms with E-state index in [9.17, 15) is 18.4 Å². The molecule has 2 aromatic rings. The highest BCUT2D eigenvalue weighted by atomic mass is 19.3. The van der Waals surface area contributed by atoms with Crippen LogP contribution in [0, 0.1) is 0 Å². The van der Waals surface area contributed by atoms with Gasteiger partial charge in [0, 0.05) is 12.2 Å². The summed E-state index contributed by atoms with van der Waals surface area (Å²) >= 11 is 0. The van der Waals surface area contributed by atoms with Crippen molar-refractivity contribution in [1.82, 2.24) is 0 Å². The first kappa shape index (κ1) is 21.6. The molecule has 0 aromatic heterocycles. The van der Waals surface area contributed by atoms with Gasteiger partial charge in [0.05, 0.1) is 5.56 Å². The van der Waals surface area contributed by atoms with Gasteiger partial charge in [0.15, 0.2) is 0 Å². The molecule has 29 heavy (non-hydrogen) atoms. The number of hydrogen-bond acceptors (Lipinski definition) is 6. The van der Waals surface area contributed by atoms with E-state index >= 15 is 0 Å². The molecular formula is C21H18F2O6. The number of carbonyl (C=O) groups excluding carboxylic acids is 2. The fourth-order valence-electron chi connectivity index (χ4n) is 2.03. The van der Waals surface area contributed by atoms with Gasteiger partial charge in [0.2, 0.25) is 6.79 Å². The molecule has 8 heteroatoms. The van der Waals surface area contributed by atoms with E-state index in [1.54, 1.807) is 0 Å². The Kier molecular flexibility index (Phi) is 7.47. The largest absolute Gasteiger partial charge is 0.458 e. The summed E-state index contributed by atoms with van der Waals surface area (Å²) in [5, 5.41) is 0. The van der Waals surface area contributed by atoms with Crippen LogP contribution in [0.5, 0.6) is 11.5 Å². The first-order chi connectivity index (χ1) is 13.8. The van der Waals surface area contributed by atoms with Crippen molar-refractivity contribution in [2.45, 2.75) is 12.7 Å². The van der Waals surface area contributed by atoms with Crippen molar-refractivity contribution in [2.24, 2.45) is 0 Å². The van der Waals surface area contributed by atoms with Crippen LogP contribution in [0.1, 0.15) is 11.1 Å². The van der Waals surface area contributed by atoms with Gasteiger partial charge in [-0.3, -0.25) is 0 Å². The minimum atomic E-state index is -3.59. The second kappa shape index (κ2) is 10.0. The standard InChI is InChI=1S/C21H18F2O6/c1-3-19(24)26-13-15-5-7-16(8-6-15)21(22,23)29-18-11-9-17(10-12-18)27-14-28-20(25)4-2/h3-12H,1-2,13-14H2. The van der Waals surface area contributed by atoms with Crippen LogP contribution in [0.25, 0.3) is 0 Å². The van der Waals surface area contributed by atoms with Gasteiger partial charge in [-0.1, -0.05) is 25.3 Å². The zero-order valence-electron chi connectivity index (χ0n) is 15.3. The lowest BCUT2D eigenvalue weighted by Gasteiger charge is -2.19. The quantitative estimate of drug-likeness (QED) is 0.337. The Hall–Kier alpha value is -3.68. The highest BCUT2D eigenvalue weighted by Gasteiger charge is 2.34. The number of rotatable bonds is 10. The van der Waals surface area contributed by atoms with Crippen LogP contribution in [-0.2, 0) is 31.8 Å². The molecule has 152 valence electrons. The van der Waals surface area contributed by atoms with E-state index in [1.807, 2.05) is 0 Å². The van der Waals surface area contributed by atoms with Crippen LogP contribution < -0.4 is 9.47 Å². The summed E-state index contributed by atoms with van der Waals surface area (Å²) in [6, 6.07) is 10.6. The van der Waals surface area contributed by atoms with E-state index < -0.39 is 18.0 Å². The number of benzene rings is 2. The molecule has 0 amide bonds. The van der Waals surface area contributed by atoms with Crippen LogP contribution in [-0.4, -0.2) is 18.7 Å². The van der Waals surface area contributed by atoms with Crippen LogP contribution in [0.15, 0.2) is 73.8 Å². The molecule has 0 spiro atoms. The molecule has 0 aliphatic heterocycles. The lowest BCUT2D eigenvalue weighted by molar-refractivity contribution is -0.185. The Morgan fingerprint density at radius 1 is 0.862 bits per heavy atom. The summed E-state index contributed by atoms with van der Waals surface area (Å²) in [7, 11) is 0. The van der Waals surface area contributed by atoms with Gasteiger partial charge in [-0.25, -0.2) is 9.59 Å². The molecule has 0 unspecified atom stereocenters. The van der Waals surface area contributed by atoms with Crippen molar-refractivity contribution in [3.63, 3.8) is 0 Å². The Labute approximate surface area is 166 Å². The highest BCUT2D eigenvalue weighted by molar-refractivity contribution is 5.81. The van der Waals surface area contributed by atoms with Crippen molar-refractivity contribution in [3.05, 3.63) is 85.0 Å². The van der Waals surface area contributed by atoms with Crippen molar-refractivity contribution < 1.29 is 37.3 Å². The van der Waals surface area contributed by atoms with Crippen molar-refractivity contribution in [3.8, 4) is 11.5 Å². The molecule has 0 atom stereocenters. The first-order valence-corrected chi connectivity index (χ1v) is 8.31. The molecule has 0 radical (unpaired) electrons. The van der Waals surface area contributed by atoms with Crippen LogP contribution in [0.2, 0.25) is 0 Å². The molecule has 0 saturated heterocycles. The predicted octanol–water partition coefficient (Wildman–Crippen LogP) is 4.11. The number of esters is 2. The normalized spacial score (nSPS) is 10.6. The third kappa shape index (κ3) is 6.76.